The lowest BCUT2D eigenvalue weighted by molar-refractivity contribution is 0.0931. The number of hydrogen-bond donors (Lipinski definition) is 2. The molecule has 0 saturated carbocycles. The topological polar surface area (TPSA) is 137 Å². The number of nitrogens with one attached hydrogen (secondary N) is 2. The Morgan fingerprint density at radius 2 is 1.92 bits per heavy atom. The minimum atomic E-state index is -0.489. The van der Waals surface area contributed by atoms with Gasteiger partial charge in [0.2, 0.25) is 0 Å². The molecule has 0 fully saturated rings. The van der Waals surface area contributed by atoms with E-state index in [0.717, 1.165) is 29.5 Å². The average molecular weight is 503 g/mol. The molecule has 4 aromatic rings. The van der Waals surface area contributed by atoms with Crippen molar-refractivity contribution in [2.75, 3.05) is 7.11 Å². The first kappa shape index (κ1) is 24.0. The second-order valence-corrected chi connectivity index (χ2v) is 8.54. The third-order valence-electron chi connectivity index (χ3n) is 6.21. The van der Waals surface area contributed by atoms with Gasteiger partial charge in [-0.3, -0.25) is 9.59 Å². The Hall–Kier alpha value is -4.74. The van der Waals surface area contributed by atoms with Gasteiger partial charge in [0.15, 0.2) is 17.4 Å². The molecule has 0 unspecified atom stereocenters. The Labute approximate surface area is 211 Å². The molecule has 0 spiro atoms. The molecule has 1 aliphatic carbocycles. The predicted molar refractivity (Wildman–Crippen MR) is 129 cm³/mol. The molecular weight excluding hydrogens is 479 g/mol. The van der Waals surface area contributed by atoms with E-state index in [0.29, 0.717) is 11.4 Å². The molecule has 1 atom stereocenters. The van der Waals surface area contributed by atoms with Crippen LogP contribution in [-0.4, -0.2) is 49.1 Å². The van der Waals surface area contributed by atoms with Crippen molar-refractivity contribution in [3.05, 3.63) is 82.7 Å². The fourth-order valence-corrected chi connectivity index (χ4v) is 4.31. The molecule has 0 bridgehead atoms. The summed E-state index contributed by atoms with van der Waals surface area (Å²) in [6.45, 7) is 0.131. The summed E-state index contributed by atoms with van der Waals surface area (Å²) in [6, 6.07) is 11.4. The summed E-state index contributed by atoms with van der Waals surface area (Å²) in [5, 5.41) is 17.3. The van der Waals surface area contributed by atoms with Gasteiger partial charge in [-0.25, -0.2) is 19.0 Å². The van der Waals surface area contributed by atoms with E-state index < -0.39 is 17.6 Å². The summed E-state index contributed by atoms with van der Waals surface area (Å²) in [4.78, 5) is 33.6. The normalized spacial score (nSPS) is 14.2. The van der Waals surface area contributed by atoms with E-state index in [9.17, 15) is 14.0 Å². The lowest BCUT2D eigenvalue weighted by Crippen LogP contribution is -2.29. The van der Waals surface area contributed by atoms with Crippen LogP contribution in [0.25, 0.3) is 11.4 Å². The summed E-state index contributed by atoms with van der Waals surface area (Å²) < 4.78 is 20.2. The van der Waals surface area contributed by atoms with E-state index in [4.69, 9.17) is 4.74 Å². The van der Waals surface area contributed by atoms with E-state index >= 15 is 0 Å². The fraction of sp³-hybridized carbons (Fsp3) is 0.240. The number of benzene rings is 2. The Morgan fingerprint density at radius 3 is 2.68 bits per heavy atom. The molecule has 2 aromatic carbocycles. The van der Waals surface area contributed by atoms with Crippen LogP contribution in [-0.2, 0) is 20.0 Å². The van der Waals surface area contributed by atoms with Crippen LogP contribution in [0, 0.1) is 5.82 Å². The van der Waals surface area contributed by atoms with Crippen molar-refractivity contribution in [3.63, 3.8) is 0 Å². The maximum Gasteiger partial charge on any atom is 0.270 e. The molecule has 12 heteroatoms. The highest BCUT2D eigenvalue weighted by Gasteiger charge is 2.26. The van der Waals surface area contributed by atoms with Crippen molar-refractivity contribution in [2.24, 2.45) is 7.05 Å². The lowest BCUT2D eigenvalue weighted by atomic mass is 10.0. The molecule has 2 amide bonds. The third kappa shape index (κ3) is 4.99. The molecule has 37 heavy (non-hydrogen) atoms. The predicted octanol–water partition coefficient (Wildman–Crippen LogP) is 2.16. The molecule has 0 radical (unpaired) electrons. The average Bonchev–Trinajstić information content (AvgIpc) is 3.53. The van der Waals surface area contributed by atoms with Gasteiger partial charge in [-0.15, -0.1) is 5.10 Å². The number of rotatable bonds is 7. The minimum absolute atomic E-state index is 0.0444. The van der Waals surface area contributed by atoms with Crippen molar-refractivity contribution < 1.29 is 18.7 Å². The zero-order valence-corrected chi connectivity index (χ0v) is 20.1. The van der Waals surface area contributed by atoms with Crippen molar-refractivity contribution in [1.82, 2.24) is 40.8 Å². The number of ether oxygens (including phenoxy) is 1. The first-order valence-electron chi connectivity index (χ1n) is 11.5. The summed E-state index contributed by atoms with van der Waals surface area (Å²) in [5.74, 6) is -0.628. The van der Waals surface area contributed by atoms with Crippen molar-refractivity contribution >= 4 is 11.8 Å². The molecule has 0 aliphatic heterocycles. The van der Waals surface area contributed by atoms with Crippen LogP contribution in [0.3, 0.4) is 0 Å². The Bertz CT molecular complexity index is 1490. The van der Waals surface area contributed by atoms with E-state index in [1.54, 1.807) is 17.8 Å². The van der Waals surface area contributed by atoms with Gasteiger partial charge in [-0.2, -0.15) is 0 Å². The highest BCUT2D eigenvalue weighted by Crippen LogP contribution is 2.33. The molecule has 2 N–H and O–H groups in total. The second kappa shape index (κ2) is 10.1. The highest BCUT2D eigenvalue weighted by molar-refractivity contribution is 5.97. The smallest absolute Gasteiger partial charge is 0.270 e. The summed E-state index contributed by atoms with van der Waals surface area (Å²) in [5.41, 5.74) is 3.82. The van der Waals surface area contributed by atoms with Crippen LogP contribution in [0.1, 0.15) is 50.1 Å². The molecule has 188 valence electrons. The van der Waals surface area contributed by atoms with Crippen LogP contribution in [0.15, 0.2) is 48.8 Å². The number of tetrazole rings is 1. The third-order valence-corrected chi connectivity index (χ3v) is 6.21. The van der Waals surface area contributed by atoms with Crippen molar-refractivity contribution in [1.29, 1.82) is 0 Å². The monoisotopic (exact) mass is 502 g/mol. The maximum atomic E-state index is 13.6. The van der Waals surface area contributed by atoms with Gasteiger partial charge in [-0.05, 0) is 58.2 Å². The molecule has 5 rings (SSSR count). The maximum absolute atomic E-state index is 13.6. The largest absolute Gasteiger partial charge is 0.494 e. The minimum Gasteiger partial charge on any atom is -0.494 e. The van der Waals surface area contributed by atoms with Gasteiger partial charge < -0.3 is 15.4 Å². The Balaban J connectivity index is 1.24. The van der Waals surface area contributed by atoms with Gasteiger partial charge in [0, 0.05) is 25.2 Å². The fourth-order valence-electron chi connectivity index (χ4n) is 4.31. The number of methoxy groups -OCH3 is 1. The molecule has 2 aromatic heterocycles. The summed E-state index contributed by atoms with van der Waals surface area (Å²) >= 11 is 0. The summed E-state index contributed by atoms with van der Waals surface area (Å²) in [7, 11) is 3.15. The SMILES string of the molecule is COc1cc(CNC(=O)c2cc(C(=O)N[C@@H]3CCc4cc(-c5nnnn5C)ccc43)ncn2)ccc1F. The second-order valence-electron chi connectivity index (χ2n) is 8.54. The number of amides is 2. The zero-order valence-electron chi connectivity index (χ0n) is 20.1. The number of hydrogen-bond acceptors (Lipinski definition) is 8. The number of carbonyl (C=O) groups is 2. The van der Waals surface area contributed by atoms with Crippen LogP contribution in [0.2, 0.25) is 0 Å². The first-order chi connectivity index (χ1) is 17.9. The number of aromatic nitrogens is 6. The first-order valence-corrected chi connectivity index (χ1v) is 11.5. The van der Waals surface area contributed by atoms with Gasteiger partial charge in [0.05, 0.1) is 13.2 Å². The molecule has 2 heterocycles. The van der Waals surface area contributed by atoms with Crippen LogP contribution in [0.5, 0.6) is 5.75 Å². The van der Waals surface area contributed by atoms with E-state index in [2.05, 4.69) is 36.1 Å². The van der Waals surface area contributed by atoms with Crippen molar-refractivity contribution in [2.45, 2.75) is 25.4 Å². The Morgan fingerprint density at radius 1 is 1.11 bits per heavy atom. The zero-order chi connectivity index (χ0) is 25.9. The standard InChI is InChI=1S/C25H23FN8O3/c1-34-23(31-32-33-34)16-4-6-17-15(10-16)5-8-19(17)30-25(36)21-11-20(28-13-29-21)24(35)27-12-14-3-7-18(26)22(9-14)37-2/h3-4,6-7,9-11,13,19H,5,8,12H2,1-2H3,(H,27,35)(H,30,36)/t19-/m1/s1. The number of halogens is 1. The van der Waals surface area contributed by atoms with Crippen LogP contribution >= 0.6 is 0 Å². The molecule has 11 nitrogen and oxygen atoms in total. The lowest BCUT2D eigenvalue weighted by Gasteiger charge is -2.14. The number of carbonyl (C=O) groups excluding carboxylic acids is 2. The van der Waals surface area contributed by atoms with E-state index in [1.807, 2.05) is 18.2 Å². The quantitative estimate of drug-likeness (QED) is 0.392. The Kier molecular flexibility index (Phi) is 6.54. The van der Waals surface area contributed by atoms with E-state index in [-0.39, 0.29) is 29.7 Å². The molecule has 0 saturated heterocycles. The number of fused-ring (bicyclic) bond motifs is 1. The van der Waals surface area contributed by atoms with Gasteiger partial charge >= 0.3 is 0 Å². The molecular formula is C25H23FN8O3. The highest BCUT2D eigenvalue weighted by atomic mass is 19.1. The molecule has 1 aliphatic rings. The van der Waals surface area contributed by atoms with Gasteiger partial charge in [0.25, 0.3) is 11.8 Å². The van der Waals surface area contributed by atoms with Gasteiger partial charge in [0.1, 0.15) is 17.7 Å². The van der Waals surface area contributed by atoms with Crippen molar-refractivity contribution in [3.8, 4) is 17.1 Å². The number of aryl methyl sites for hydroxylation is 2. The van der Waals surface area contributed by atoms with Gasteiger partial charge in [-0.1, -0.05) is 18.2 Å². The van der Waals surface area contributed by atoms with E-state index in [1.165, 1.54) is 31.6 Å². The van der Waals surface area contributed by atoms with Crippen LogP contribution < -0.4 is 15.4 Å². The van der Waals surface area contributed by atoms with Crippen LogP contribution in [0.4, 0.5) is 4.39 Å². The number of nitrogens with zero attached hydrogens (tertiary/aromatic N) is 6. The summed E-state index contributed by atoms with van der Waals surface area (Å²) in [6.07, 6.45) is 2.71.